The average molecular weight is 299 g/mol. The summed E-state index contributed by atoms with van der Waals surface area (Å²) >= 11 is 0. The molecule has 0 amide bonds. The molecule has 6 heteroatoms. The van der Waals surface area contributed by atoms with Crippen LogP contribution in [0.5, 0.6) is 0 Å². The third-order valence-corrected chi connectivity index (χ3v) is 0. The fraction of sp³-hybridized carbons (Fsp3) is 0.250. The molecule has 2 N–H and O–H groups in total. The second kappa shape index (κ2) is 16.9. The number of carbonyl (C=O) groups is 2. The van der Waals surface area contributed by atoms with Crippen molar-refractivity contribution in [3.63, 3.8) is 0 Å². The number of carboxylic acids is 2. The predicted octanol–water partition coefficient (Wildman–Crippen LogP) is -0.541. The first-order chi connectivity index (χ1) is 3.46. The molecule has 10 heavy (non-hydrogen) atoms. The molecule has 0 radical (unpaired) electrons. The summed E-state index contributed by atoms with van der Waals surface area (Å²) in [5.74, 6) is -1.92. The van der Waals surface area contributed by atoms with E-state index in [1.807, 2.05) is 0 Å². The summed E-state index contributed by atoms with van der Waals surface area (Å²) in [6.45, 7) is 3.64. The first-order valence-corrected chi connectivity index (χ1v) is 1.71. The number of hydrogen-bond donors (Lipinski definition) is 2. The van der Waals surface area contributed by atoms with E-state index in [1.54, 1.807) is 0 Å². The first-order valence-electron chi connectivity index (χ1n) is 1.71. The molecule has 0 aliphatic rings. The summed E-state index contributed by atoms with van der Waals surface area (Å²) in [6, 6.07) is 0. The zero-order chi connectivity index (χ0) is 7.15. The molecule has 0 unspecified atom stereocenters. The second-order valence-corrected chi connectivity index (χ2v) is 0.913. The van der Waals surface area contributed by atoms with Gasteiger partial charge in [-0.25, -0.2) is 0 Å². The summed E-state index contributed by atoms with van der Waals surface area (Å²) < 4.78 is 0. The standard InChI is InChI=1S/C2H4O2.C2H3O2.Ba.Ca.2H/c2*1-2(3)4;;;;/h1H3,(H,3,4);1H2,(H,3,4);;;;/q;-1;2*+2;2*-1. The van der Waals surface area contributed by atoms with Gasteiger partial charge in [-0.1, -0.05) is 0 Å². The van der Waals surface area contributed by atoms with Crippen LogP contribution in [0.25, 0.3) is 0 Å². The third-order valence-electron chi connectivity index (χ3n) is 0. The Morgan fingerprint density at radius 1 is 1.40 bits per heavy atom. The number of carboxylic acid groups (broad SMARTS) is 2. The Morgan fingerprint density at radius 3 is 1.40 bits per heavy atom. The zero-order valence-corrected chi connectivity index (χ0v) is 12.5. The SMILES string of the molecule is CC(=O)O.[Ba+2].[CH2-]C(=O)O.[Ca+2].[H-].[H-]. The summed E-state index contributed by atoms with van der Waals surface area (Å²) in [5, 5.41) is 14.7. The smallest absolute Gasteiger partial charge is 1.00 e. The summed E-state index contributed by atoms with van der Waals surface area (Å²) in [5.41, 5.74) is 0. The van der Waals surface area contributed by atoms with E-state index in [0.717, 1.165) is 6.92 Å². The normalized spacial score (nSPS) is 4.90. The molecule has 0 aromatic rings. The zero-order valence-electron chi connectivity index (χ0n) is 7.83. The number of hydrogen-bond acceptors (Lipinski definition) is 2. The van der Waals surface area contributed by atoms with Crippen LogP contribution in [0.15, 0.2) is 0 Å². The maximum absolute atomic E-state index is 9.00. The predicted molar refractivity (Wildman–Crippen MR) is 40.0 cm³/mol. The van der Waals surface area contributed by atoms with Gasteiger partial charge in [-0.2, -0.15) is 0 Å². The Bertz CT molecular complexity index is 83.1. The van der Waals surface area contributed by atoms with Crippen LogP contribution in [0.2, 0.25) is 0 Å². The largest absolute Gasteiger partial charge is 2.00 e. The Balaban J connectivity index is -0.0000000112. The van der Waals surface area contributed by atoms with Crippen molar-refractivity contribution in [1.29, 1.82) is 0 Å². The van der Waals surface area contributed by atoms with Gasteiger partial charge in [0.25, 0.3) is 5.97 Å². The van der Waals surface area contributed by atoms with Crippen LogP contribution in [0.4, 0.5) is 0 Å². The van der Waals surface area contributed by atoms with E-state index in [-0.39, 0.29) is 89.5 Å². The molecular weight excluding hydrogens is 289 g/mol. The summed E-state index contributed by atoms with van der Waals surface area (Å²) in [6.07, 6.45) is 0. The molecular formula is C4H9BaCaO4+. The van der Waals surface area contributed by atoms with E-state index in [0.29, 0.717) is 0 Å². The molecule has 0 spiro atoms. The van der Waals surface area contributed by atoms with Crippen LogP contribution in [-0.2, 0) is 9.59 Å². The molecule has 0 bridgehead atoms. The van der Waals surface area contributed by atoms with Gasteiger partial charge in [0.15, 0.2) is 5.97 Å². The Kier molecular flexibility index (Phi) is 38.2. The quantitative estimate of drug-likeness (QED) is 0.465. The van der Waals surface area contributed by atoms with Crippen molar-refractivity contribution in [1.82, 2.24) is 0 Å². The first kappa shape index (κ1) is 22.6. The minimum atomic E-state index is -1.08. The molecule has 0 aromatic heterocycles. The molecule has 0 atom stereocenters. The molecule has 0 heterocycles. The third kappa shape index (κ3) is 267. The minimum absolute atomic E-state index is 0. The van der Waals surface area contributed by atoms with Crippen molar-refractivity contribution < 1.29 is 22.7 Å². The molecule has 0 saturated carbocycles. The maximum atomic E-state index is 9.00. The molecule has 52 valence electrons. The van der Waals surface area contributed by atoms with E-state index in [2.05, 4.69) is 6.92 Å². The van der Waals surface area contributed by atoms with Gasteiger partial charge in [0.1, 0.15) is 0 Å². The molecule has 0 fully saturated rings. The van der Waals surface area contributed by atoms with Crippen molar-refractivity contribution in [3.8, 4) is 0 Å². The summed E-state index contributed by atoms with van der Waals surface area (Å²) in [4.78, 5) is 17.9. The van der Waals surface area contributed by atoms with Gasteiger partial charge in [0.2, 0.25) is 0 Å². The van der Waals surface area contributed by atoms with Gasteiger partial charge < -0.3 is 13.1 Å². The van der Waals surface area contributed by atoms with Crippen LogP contribution < -0.4 is 0 Å². The van der Waals surface area contributed by atoms with Crippen LogP contribution in [0.1, 0.15) is 9.78 Å². The molecule has 0 saturated heterocycles. The molecule has 0 aliphatic heterocycles. The average Bonchev–Trinajstić information content (AvgIpc) is 1.25. The topological polar surface area (TPSA) is 74.6 Å². The molecule has 0 aromatic carbocycles. The summed E-state index contributed by atoms with van der Waals surface area (Å²) in [7, 11) is 0. The van der Waals surface area contributed by atoms with Gasteiger partial charge in [0, 0.05) is 6.92 Å². The Hall–Kier alpha value is 1.64. The molecule has 0 rings (SSSR count). The van der Waals surface area contributed by atoms with E-state index in [4.69, 9.17) is 19.8 Å². The molecule has 4 nitrogen and oxygen atoms in total. The fourth-order valence-corrected chi connectivity index (χ4v) is 0. The van der Waals surface area contributed by atoms with Crippen LogP contribution in [0, 0.1) is 6.92 Å². The second-order valence-electron chi connectivity index (χ2n) is 0.913. The van der Waals surface area contributed by atoms with E-state index in [1.165, 1.54) is 0 Å². The van der Waals surface area contributed by atoms with Crippen molar-refractivity contribution in [2.75, 3.05) is 0 Å². The molecule has 0 aliphatic carbocycles. The number of rotatable bonds is 0. The van der Waals surface area contributed by atoms with Crippen molar-refractivity contribution in [2.45, 2.75) is 6.92 Å². The van der Waals surface area contributed by atoms with Crippen LogP contribution in [-0.4, -0.2) is 109 Å². The van der Waals surface area contributed by atoms with Crippen molar-refractivity contribution >= 4 is 98.6 Å². The Labute approximate surface area is 132 Å². The van der Waals surface area contributed by atoms with Gasteiger partial charge in [-0.3, -0.25) is 16.5 Å². The van der Waals surface area contributed by atoms with Gasteiger partial charge in [-0.15, -0.1) is 0 Å². The van der Waals surface area contributed by atoms with Crippen LogP contribution >= 0.6 is 0 Å². The monoisotopic (exact) mass is 299 g/mol. The van der Waals surface area contributed by atoms with Gasteiger partial charge in [-0.05, 0) is 0 Å². The van der Waals surface area contributed by atoms with Crippen molar-refractivity contribution in [3.05, 3.63) is 6.92 Å². The van der Waals surface area contributed by atoms with Crippen LogP contribution in [0.3, 0.4) is 0 Å². The number of aliphatic carboxylic acids is 2. The van der Waals surface area contributed by atoms with Gasteiger partial charge >= 0.3 is 86.6 Å². The van der Waals surface area contributed by atoms with E-state index < -0.39 is 11.9 Å². The Morgan fingerprint density at radius 2 is 1.40 bits per heavy atom. The maximum Gasteiger partial charge on any atom is 2.00 e. The van der Waals surface area contributed by atoms with Gasteiger partial charge in [0.05, 0.1) is 0 Å². The van der Waals surface area contributed by atoms with E-state index >= 15 is 0 Å². The van der Waals surface area contributed by atoms with E-state index in [9.17, 15) is 0 Å². The fourth-order valence-electron chi connectivity index (χ4n) is 0. The van der Waals surface area contributed by atoms with Crippen molar-refractivity contribution in [2.24, 2.45) is 0 Å². The minimum Gasteiger partial charge on any atom is -1.00 e.